The summed E-state index contributed by atoms with van der Waals surface area (Å²) in [7, 11) is 0. The lowest BCUT2D eigenvalue weighted by molar-refractivity contribution is -0.00618. The molecule has 0 saturated carbocycles. The molecule has 2 aliphatic rings. The number of hydrogen-bond donors (Lipinski definition) is 1. The van der Waals surface area contributed by atoms with E-state index in [1.54, 1.807) is 6.20 Å². The lowest BCUT2D eigenvalue weighted by Gasteiger charge is -2.33. The van der Waals surface area contributed by atoms with E-state index in [-0.39, 0.29) is 12.1 Å². The summed E-state index contributed by atoms with van der Waals surface area (Å²) in [5, 5.41) is 14.8. The Morgan fingerprint density at radius 2 is 2.08 bits per heavy atom. The van der Waals surface area contributed by atoms with Gasteiger partial charge in [-0.1, -0.05) is 6.07 Å². The van der Waals surface area contributed by atoms with E-state index >= 15 is 0 Å². The smallest absolute Gasteiger partial charge is 0.0834 e. The molecule has 25 heavy (non-hydrogen) atoms. The van der Waals surface area contributed by atoms with Crippen LogP contribution in [0.2, 0.25) is 0 Å². The van der Waals surface area contributed by atoms with Crippen LogP contribution < -0.4 is 0 Å². The quantitative estimate of drug-likeness (QED) is 0.900. The van der Waals surface area contributed by atoms with E-state index in [9.17, 15) is 5.11 Å². The van der Waals surface area contributed by atoms with Crippen molar-refractivity contribution in [3.63, 3.8) is 0 Å². The summed E-state index contributed by atoms with van der Waals surface area (Å²) in [6.45, 7) is 8.08. The van der Waals surface area contributed by atoms with Gasteiger partial charge in [-0.15, -0.1) is 0 Å². The van der Waals surface area contributed by atoms with Crippen molar-refractivity contribution in [3.05, 3.63) is 47.8 Å². The fourth-order valence-corrected chi connectivity index (χ4v) is 3.91. The van der Waals surface area contributed by atoms with Crippen LogP contribution in [0, 0.1) is 6.92 Å². The minimum absolute atomic E-state index is 0.229. The molecule has 2 atom stereocenters. The van der Waals surface area contributed by atoms with Crippen LogP contribution in [0.5, 0.6) is 0 Å². The molecule has 1 aromatic heterocycles. The molecule has 1 N–H and O–H groups in total. The average molecular weight is 342 g/mol. The number of aromatic nitrogens is 2. The number of morpholine rings is 1. The fraction of sp³-hybridized carbons (Fsp3) is 0.526. The van der Waals surface area contributed by atoms with Gasteiger partial charge < -0.3 is 9.84 Å². The Balaban J connectivity index is 1.42. The molecular formula is C19H26N4O2. The maximum Gasteiger partial charge on any atom is 0.0834 e. The number of aryl methyl sites for hydroxylation is 1. The summed E-state index contributed by atoms with van der Waals surface area (Å²) in [4.78, 5) is 4.74. The maximum atomic E-state index is 10.5. The van der Waals surface area contributed by atoms with Gasteiger partial charge in [0.2, 0.25) is 0 Å². The molecule has 0 bridgehead atoms. The SMILES string of the molecule is Cc1cc(-n2cccn2)ccc1CN1C[C@H](O)[C@@H](N2CCOCC2)C1. The normalized spacial score (nSPS) is 25.5. The highest BCUT2D eigenvalue weighted by molar-refractivity contribution is 5.39. The first-order valence-electron chi connectivity index (χ1n) is 9.02. The number of β-amino-alcohol motifs (C(OH)–C–C–N with tert-alkyl or cyclic N) is 1. The van der Waals surface area contributed by atoms with Crippen LogP contribution in [-0.2, 0) is 11.3 Å². The molecule has 0 amide bonds. The molecule has 0 aliphatic carbocycles. The molecule has 2 aliphatic heterocycles. The van der Waals surface area contributed by atoms with E-state index in [4.69, 9.17) is 4.74 Å². The van der Waals surface area contributed by atoms with Crippen molar-refractivity contribution in [1.29, 1.82) is 0 Å². The number of benzene rings is 1. The van der Waals surface area contributed by atoms with Gasteiger partial charge in [0.25, 0.3) is 0 Å². The number of likely N-dealkylation sites (tertiary alicyclic amines) is 1. The molecule has 2 saturated heterocycles. The number of hydrogen-bond acceptors (Lipinski definition) is 5. The van der Waals surface area contributed by atoms with Crippen LogP contribution in [0.1, 0.15) is 11.1 Å². The molecule has 0 radical (unpaired) electrons. The summed E-state index contributed by atoms with van der Waals surface area (Å²) in [5.41, 5.74) is 3.65. The van der Waals surface area contributed by atoms with Gasteiger partial charge in [0.1, 0.15) is 0 Å². The maximum absolute atomic E-state index is 10.5. The van der Waals surface area contributed by atoms with Gasteiger partial charge in [0.05, 0.1) is 25.0 Å². The molecule has 2 aromatic rings. The van der Waals surface area contributed by atoms with Gasteiger partial charge in [-0.2, -0.15) is 5.10 Å². The Morgan fingerprint density at radius 3 is 2.80 bits per heavy atom. The second kappa shape index (κ2) is 7.25. The van der Waals surface area contributed by atoms with Crippen molar-refractivity contribution in [2.75, 3.05) is 39.4 Å². The van der Waals surface area contributed by atoms with Crippen LogP contribution in [0.15, 0.2) is 36.7 Å². The topological polar surface area (TPSA) is 53.8 Å². The number of aliphatic hydroxyl groups is 1. The van der Waals surface area contributed by atoms with Crippen molar-refractivity contribution in [3.8, 4) is 5.69 Å². The Hall–Kier alpha value is -1.73. The minimum atomic E-state index is -0.276. The van der Waals surface area contributed by atoms with Crippen molar-refractivity contribution >= 4 is 0 Å². The van der Waals surface area contributed by atoms with Gasteiger partial charge in [0.15, 0.2) is 0 Å². The van der Waals surface area contributed by atoms with Gasteiger partial charge in [-0.05, 0) is 36.2 Å². The Morgan fingerprint density at radius 1 is 1.24 bits per heavy atom. The van der Waals surface area contributed by atoms with Crippen molar-refractivity contribution in [2.24, 2.45) is 0 Å². The summed E-state index contributed by atoms with van der Waals surface area (Å²) >= 11 is 0. The van der Waals surface area contributed by atoms with Crippen LogP contribution in [0.4, 0.5) is 0 Å². The Kier molecular flexibility index (Phi) is 4.85. The van der Waals surface area contributed by atoms with Crippen molar-refractivity contribution in [1.82, 2.24) is 19.6 Å². The van der Waals surface area contributed by atoms with E-state index in [1.807, 2.05) is 16.9 Å². The van der Waals surface area contributed by atoms with Crippen LogP contribution >= 0.6 is 0 Å². The third kappa shape index (κ3) is 3.62. The molecule has 6 heteroatoms. The van der Waals surface area contributed by atoms with Crippen molar-refractivity contribution < 1.29 is 9.84 Å². The first-order chi connectivity index (χ1) is 12.2. The fourth-order valence-electron chi connectivity index (χ4n) is 3.91. The lowest BCUT2D eigenvalue weighted by Crippen LogP contribution is -2.48. The van der Waals surface area contributed by atoms with E-state index in [0.29, 0.717) is 0 Å². The zero-order chi connectivity index (χ0) is 17.2. The molecule has 1 aromatic carbocycles. The molecule has 134 valence electrons. The van der Waals surface area contributed by atoms with Crippen LogP contribution in [-0.4, -0.2) is 76.2 Å². The largest absolute Gasteiger partial charge is 0.390 e. The summed E-state index contributed by atoms with van der Waals surface area (Å²) in [6, 6.07) is 8.63. The van der Waals surface area contributed by atoms with Gasteiger partial charge in [-0.25, -0.2) is 4.68 Å². The van der Waals surface area contributed by atoms with Crippen LogP contribution in [0.25, 0.3) is 5.69 Å². The molecule has 0 spiro atoms. The van der Waals surface area contributed by atoms with E-state index in [1.165, 1.54) is 11.1 Å². The molecule has 6 nitrogen and oxygen atoms in total. The number of aliphatic hydroxyl groups excluding tert-OH is 1. The van der Waals surface area contributed by atoms with E-state index < -0.39 is 0 Å². The Labute approximate surface area is 148 Å². The van der Waals surface area contributed by atoms with Gasteiger partial charge in [-0.3, -0.25) is 9.80 Å². The third-order valence-corrected chi connectivity index (χ3v) is 5.34. The highest BCUT2D eigenvalue weighted by atomic mass is 16.5. The summed E-state index contributed by atoms with van der Waals surface area (Å²) in [6.07, 6.45) is 3.47. The predicted octanol–water partition coefficient (Wildman–Crippen LogP) is 1.06. The summed E-state index contributed by atoms with van der Waals surface area (Å²) in [5.74, 6) is 0. The first kappa shape index (κ1) is 16.7. The molecular weight excluding hydrogens is 316 g/mol. The number of nitrogens with zero attached hydrogens (tertiary/aromatic N) is 4. The zero-order valence-electron chi connectivity index (χ0n) is 14.7. The van der Waals surface area contributed by atoms with E-state index in [0.717, 1.165) is 51.6 Å². The monoisotopic (exact) mass is 342 g/mol. The average Bonchev–Trinajstić information content (AvgIpc) is 3.27. The van der Waals surface area contributed by atoms with E-state index in [2.05, 4.69) is 40.0 Å². The van der Waals surface area contributed by atoms with Gasteiger partial charge >= 0.3 is 0 Å². The number of ether oxygens (including phenoxy) is 1. The molecule has 0 unspecified atom stereocenters. The second-order valence-electron chi connectivity index (χ2n) is 7.04. The van der Waals surface area contributed by atoms with Gasteiger partial charge in [0, 0.05) is 51.2 Å². The minimum Gasteiger partial charge on any atom is -0.390 e. The zero-order valence-corrected chi connectivity index (χ0v) is 14.7. The lowest BCUT2D eigenvalue weighted by atomic mass is 10.1. The first-order valence-corrected chi connectivity index (χ1v) is 9.02. The predicted molar refractivity (Wildman–Crippen MR) is 95.8 cm³/mol. The van der Waals surface area contributed by atoms with Crippen molar-refractivity contribution in [2.45, 2.75) is 25.6 Å². The second-order valence-corrected chi connectivity index (χ2v) is 7.04. The number of rotatable bonds is 4. The highest BCUT2D eigenvalue weighted by Gasteiger charge is 2.36. The molecule has 2 fully saturated rings. The Bertz CT molecular complexity index is 697. The third-order valence-electron chi connectivity index (χ3n) is 5.34. The summed E-state index contributed by atoms with van der Waals surface area (Å²) < 4.78 is 7.31. The molecule has 4 rings (SSSR count). The highest BCUT2D eigenvalue weighted by Crippen LogP contribution is 2.22. The molecule has 3 heterocycles. The standard InChI is InChI=1S/C19H26N4O2/c1-15-11-17(23-6-2-5-20-23)4-3-16(15)12-21-13-18(19(24)14-21)22-7-9-25-10-8-22/h2-6,11,18-19,24H,7-10,12-14H2,1H3/t18-,19-/m0/s1. The van der Waals surface area contributed by atoms with Crippen LogP contribution in [0.3, 0.4) is 0 Å².